The summed E-state index contributed by atoms with van der Waals surface area (Å²) in [4.78, 5) is 31.4. The molecule has 0 aliphatic rings. The van der Waals surface area contributed by atoms with Gasteiger partial charge in [0, 0.05) is 15.8 Å². The molecule has 3 aromatic heterocycles. The Balaban J connectivity index is 1.77. The van der Waals surface area contributed by atoms with Crippen LogP contribution in [0.5, 0.6) is 0 Å². The van der Waals surface area contributed by atoms with Crippen LogP contribution in [0.25, 0.3) is 15.7 Å². The first-order valence-corrected chi connectivity index (χ1v) is 9.63. The molecule has 0 radical (unpaired) electrons. The summed E-state index contributed by atoms with van der Waals surface area (Å²) in [6.07, 6.45) is 1.25. The molecule has 4 rings (SSSR count). The number of nitrogens with one attached hydrogen (secondary N) is 1. The van der Waals surface area contributed by atoms with Gasteiger partial charge in [0.15, 0.2) is 10.8 Å². The van der Waals surface area contributed by atoms with Gasteiger partial charge in [0.2, 0.25) is 0 Å². The number of nitrogens with zero attached hydrogens (tertiary/aromatic N) is 4. The molecule has 0 aliphatic carbocycles. The first kappa shape index (κ1) is 18.1. The van der Waals surface area contributed by atoms with Crippen LogP contribution in [0.2, 0.25) is 0 Å². The second kappa shape index (κ2) is 7.06. The fourth-order valence-corrected chi connectivity index (χ4v) is 4.84. The average molecular weight is 415 g/mol. The van der Waals surface area contributed by atoms with Crippen LogP contribution >= 0.6 is 23.1 Å². The van der Waals surface area contributed by atoms with Gasteiger partial charge in [-0.3, -0.25) is 4.98 Å². The summed E-state index contributed by atoms with van der Waals surface area (Å²) in [5.41, 5.74) is 0.202. The number of carbonyl (C=O) groups is 1. The van der Waals surface area contributed by atoms with E-state index in [-0.39, 0.29) is 22.1 Å². The van der Waals surface area contributed by atoms with Crippen molar-refractivity contribution in [1.82, 2.24) is 19.6 Å². The van der Waals surface area contributed by atoms with Gasteiger partial charge in [-0.1, -0.05) is 17.8 Å². The van der Waals surface area contributed by atoms with Crippen LogP contribution in [0, 0.1) is 17.1 Å². The molecule has 11 heteroatoms. The molecule has 28 heavy (non-hydrogen) atoms. The molecule has 1 N–H and O–H groups in total. The molecule has 0 amide bonds. The van der Waals surface area contributed by atoms with Crippen molar-refractivity contribution in [2.75, 3.05) is 7.11 Å². The molecule has 0 atom stereocenters. The number of aromatic amines is 1. The molecule has 0 aliphatic heterocycles. The van der Waals surface area contributed by atoms with E-state index in [1.54, 1.807) is 12.1 Å². The molecular weight excluding hydrogens is 405 g/mol. The van der Waals surface area contributed by atoms with Gasteiger partial charge in [-0.05, 0) is 17.7 Å². The van der Waals surface area contributed by atoms with Gasteiger partial charge >= 0.3 is 11.7 Å². The quantitative estimate of drug-likeness (QED) is 0.403. The van der Waals surface area contributed by atoms with E-state index in [0.717, 1.165) is 27.6 Å². The average Bonchev–Trinajstić information content (AvgIpc) is 3.28. The Labute approximate surface area is 164 Å². The number of halogens is 1. The normalized spacial score (nSPS) is 11.0. The number of esters is 1. The second-order valence-corrected chi connectivity index (χ2v) is 7.57. The number of methoxy groups -OCH3 is 1. The number of hydrogen-bond acceptors (Lipinski definition) is 8. The van der Waals surface area contributed by atoms with E-state index < -0.39 is 17.5 Å². The number of H-pyrrole nitrogens is 1. The molecule has 4 aromatic rings. The molecule has 0 saturated heterocycles. The Kier molecular flexibility index (Phi) is 4.58. The zero-order valence-electron chi connectivity index (χ0n) is 14.2. The van der Waals surface area contributed by atoms with Crippen molar-refractivity contribution in [3.8, 4) is 6.07 Å². The monoisotopic (exact) mass is 415 g/mol. The summed E-state index contributed by atoms with van der Waals surface area (Å²) in [7, 11) is 1.26. The summed E-state index contributed by atoms with van der Waals surface area (Å²) in [6.45, 7) is 0. The number of thioether (sulfide) groups is 1. The predicted octanol–water partition coefficient (Wildman–Crippen LogP) is 2.72. The Bertz CT molecular complexity index is 1330. The van der Waals surface area contributed by atoms with Crippen LogP contribution in [-0.4, -0.2) is 32.7 Å². The molecule has 3 heterocycles. The van der Waals surface area contributed by atoms with E-state index in [1.807, 2.05) is 6.07 Å². The van der Waals surface area contributed by atoms with E-state index in [1.165, 1.54) is 19.4 Å². The van der Waals surface area contributed by atoms with Crippen molar-refractivity contribution in [2.45, 2.75) is 10.9 Å². The standard InChI is InChI=1S/C17H10FN5O3S2/c1-26-15(24)13-9(12-10(18)3-2-4-11(12)28-13)7-27-16-21-14-8(5-19)6-20-23(14)17(25)22-16/h2-4,6H,7H2,1H3,(H,21,22,25). The van der Waals surface area contributed by atoms with E-state index in [4.69, 9.17) is 10.00 Å². The number of fused-ring (bicyclic) bond motifs is 2. The van der Waals surface area contributed by atoms with Crippen molar-refractivity contribution in [3.63, 3.8) is 0 Å². The number of benzene rings is 1. The lowest BCUT2D eigenvalue weighted by molar-refractivity contribution is 0.0605. The third-order valence-corrected chi connectivity index (χ3v) is 6.04. The predicted molar refractivity (Wildman–Crippen MR) is 101 cm³/mol. The minimum Gasteiger partial charge on any atom is -0.465 e. The van der Waals surface area contributed by atoms with E-state index >= 15 is 0 Å². The molecular formula is C17H10FN5O3S2. The first-order valence-electron chi connectivity index (χ1n) is 7.82. The van der Waals surface area contributed by atoms with Crippen molar-refractivity contribution in [3.05, 3.63) is 56.7 Å². The van der Waals surface area contributed by atoms with Gasteiger partial charge in [0.1, 0.15) is 22.3 Å². The number of aromatic nitrogens is 4. The SMILES string of the molecule is COC(=O)c1sc2cccc(F)c2c1CSc1nc2c(C#N)cnn2c(=O)[nH]1. The van der Waals surface area contributed by atoms with Crippen LogP contribution in [0.15, 0.2) is 34.3 Å². The smallest absolute Gasteiger partial charge is 0.350 e. The Morgan fingerprint density at radius 3 is 3.07 bits per heavy atom. The number of thiophene rings is 1. The Hall–Kier alpha value is -3.23. The molecule has 0 spiro atoms. The van der Waals surface area contributed by atoms with E-state index in [9.17, 15) is 14.0 Å². The van der Waals surface area contributed by atoms with Gasteiger partial charge in [0.05, 0.1) is 13.3 Å². The molecule has 0 saturated carbocycles. The van der Waals surface area contributed by atoms with Gasteiger partial charge in [0.25, 0.3) is 0 Å². The van der Waals surface area contributed by atoms with Crippen molar-refractivity contribution < 1.29 is 13.9 Å². The minimum absolute atomic E-state index is 0.128. The van der Waals surface area contributed by atoms with Crippen LogP contribution in [-0.2, 0) is 10.5 Å². The number of hydrogen-bond donors (Lipinski definition) is 1. The third kappa shape index (κ3) is 2.92. The fraction of sp³-hybridized carbons (Fsp3) is 0.118. The first-order chi connectivity index (χ1) is 13.5. The van der Waals surface area contributed by atoms with Crippen molar-refractivity contribution in [1.29, 1.82) is 5.26 Å². The lowest BCUT2D eigenvalue weighted by Crippen LogP contribution is -2.19. The van der Waals surface area contributed by atoms with E-state index in [0.29, 0.717) is 20.5 Å². The minimum atomic E-state index is -0.560. The number of rotatable bonds is 4. The van der Waals surface area contributed by atoms with Crippen LogP contribution in [0.4, 0.5) is 4.39 Å². The maximum atomic E-state index is 14.4. The van der Waals surface area contributed by atoms with Crippen molar-refractivity contribution >= 4 is 44.8 Å². The maximum Gasteiger partial charge on any atom is 0.350 e. The van der Waals surface area contributed by atoms with Gasteiger partial charge < -0.3 is 4.74 Å². The van der Waals surface area contributed by atoms with Crippen molar-refractivity contribution in [2.24, 2.45) is 0 Å². The maximum absolute atomic E-state index is 14.4. The van der Waals surface area contributed by atoms with Gasteiger partial charge in [-0.2, -0.15) is 14.9 Å². The second-order valence-electron chi connectivity index (χ2n) is 5.56. The topological polar surface area (TPSA) is 113 Å². The molecule has 0 bridgehead atoms. The highest BCUT2D eigenvalue weighted by molar-refractivity contribution is 7.98. The Morgan fingerprint density at radius 1 is 1.50 bits per heavy atom. The zero-order valence-corrected chi connectivity index (χ0v) is 15.9. The van der Waals surface area contributed by atoms with E-state index in [2.05, 4.69) is 15.1 Å². The van der Waals surface area contributed by atoms with Crippen LogP contribution in [0.3, 0.4) is 0 Å². The number of nitriles is 1. The lowest BCUT2D eigenvalue weighted by Gasteiger charge is -2.04. The molecule has 1 aromatic carbocycles. The van der Waals surface area contributed by atoms with Gasteiger partial charge in [-0.25, -0.2) is 19.0 Å². The summed E-state index contributed by atoms with van der Waals surface area (Å²) in [5, 5.41) is 13.5. The highest BCUT2D eigenvalue weighted by Gasteiger charge is 2.22. The Morgan fingerprint density at radius 2 is 2.32 bits per heavy atom. The summed E-state index contributed by atoms with van der Waals surface area (Å²) in [5.74, 6) is -0.838. The highest BCUT2D eigenvalue weighted by atomic mass is 32.2. The summed E-state index contributed by atoms with van der Waals surface area (Å²) >= 11 is 2.25. The van der Waals surface area contributed by atoms with Crippen LogP contribution in [0.1, 0.15) is 20.8 Å². The summed E-state index contributed by atoms with van der Waals surface area (Å²) < 4.78 is 20.8. The van der Waals surface area contributed by atoms with Crippen LogP contribution < -0.4 is 5.69 Å². The summed E-state index contributed by atoms with van der Waals surface area (Å²) in [6, 6.07) is 6.54. The lowest BCUT2D eigenvalue weighted by atomic mass is 10.1. The van der Waals surface area contributed by atoms with Gasteiger partial charge in [-0.15, -0.1) is 11.3 Å². The zero-order chi connectivity index (χ0) is 19.8. The number of carbonyl (C=O) groups excluding carboxylic acids is 1. The number of ether oxygens (including phenoxy) is 1. The fourth-order valence-electron chi connectivity index (χ4n) is 2.72. The molecule has 140 valence electrons. The molecule has 0 unspecified atom stereocenters. The molecule has 0 fully saturated rings. The molecule has 8 nitrogen and oxygen atoms in total. The third-order valence-electron chi connectivity index (χ3n) is 3.97. The largest absolute Gasteiger partial charge is 0.465 e. The highest BCUT2D eigenvalue weighted by Crippen LogP contribution is 2.36.